The topological polar surface area (TPSA) is 38.8 Å². The van der Waals surface area contributed by atoms with Crippen molar-refractivity contribution < 1.29 is 14.3 Å². The minimum absolute atomic E-state index is 0.142. The van der Waals surface area contributed by atoms with Crippen LogP contribution >= 0.6 is 23.2 Å². The van der Waals surface area contributed by atoms with Crippen LogP contribution in [0.5, 0.6) is 11.5 Å². The highest BCUT2D eigenvalue weighted by molar-refractivity contribution is 6.35. The first-order chi connectivity index (χ1) is 11.0. The molecule has 0 spiro atoms. The van der Waals surface area contributed by atoms with Crippen molar-refractivity contribution >= 4 is 29.1 Å². The van der Waals surface area contributed by atoms with Crippen molar-refractivity contribution in [3.63, 3.8) is 0 Å². The van der Waals surface area contributed by atoms with Gasteiger partial charge in [-0.25, -0.2) is 0 Å². The molecule has 0 aliphatic heterocycles. The number of halogens is 2. The van der Waals surface area contributed by atoms with E-state index in [1.165, 1.54) is 7.11 Å². The van der Waals surface area contributed by atoms with Crippen LogP contribution in [0.2, 0.25) is 10.0 Å². The van der Waals surface area contributed by atoms with E-state index in [0.717, 1.165) is 5.56 Å². The van der Waals surface area contributed by atoms with Crippen LogP contribution in [0, 0.1) is 0 Å². The molecular weight excluding hydrogens is 337 g/mol. The zero-order valence-electron chi connectivity index (χ0n) is 13.1. The van der Waals surface area contributed by atoms with Crippen LogP contribution in [-0.2, 0) is 6.54 Å². The van der Waals surface area contributed by atoms with E-state index in [1.54, 1.807) is 49.4 Å². The summed E-state index contributed by atoms with van der Waals surface area (Å²) in [5, 5.41) is 1.09. The lowest BCUT2D eigenvalue weighted by Gasteiger charge is -2.19. The number of carbonyl (C=O) groups is 1. The average Bonchev–Trinajstić information content (AvgIpc) is 2.55. The Morgan fingerprint density at radius 1 is 1.04 bits per heavy atom. The fourth-order valence-corrected chi connectivity index (χ4v) is 2.64. The Bertz CT molecular complexity index is 719. The third kappa shape index (κ3) is 4.09. The van der Waals surface area contributed by atoms with E-state index in [-0.39, 0.29) is 5.91 Å². The van der Waals surface area contributed by atoms with Crippen molar-refractivity contribution in [1.82, 2.24) is 4.90 Å². The van der Waals surface area contributed by atoms with Gasteiger partial charge in [0.05, 0.1) is 14.2 Å². The maximum atomic E-state index is 12.6. The molecule has 122 valence electrons. The average molecular weight is 354 g/mol. The Kier molecular flexibility index (Phi) is 5.74. The standard InChI is InChI=1S/C17H17Cl2NO3/c1-20(10-12-4-6-13(18)9-14(12)19)17(21)11-5-7-15(22-2)16(8-11)23-3/h4-9H,10H2,1-3H3. The van der Waals surface area contributed by atoms with E-state index in [9.17, 15) is 4.79 Å². The molecule has 23 heavy (non-hydrogen) atoms. The largest absolute Gasteiger partial charge is 0.493 e. The zero-order valence-corrected chi connectivity index (χ0v) is 14.6. The van der Waals surface area contributed by atoms with Gasteiger partial charge in [-0.15, -0.1) is 0 Å². The van der Waals surface area contributed by atoms with Gasteiger partial charge in [0.1, 0.15) is 0 Å². The Morgan fingerprint density at radius 2 is 1.74 bits per heavy atom. The van der Waals surface area contributed by atoms with Gasteiger partial charge in [0.2, 0.25) is 0 Å². The van der Waals surface area contributed by atoms with E-state index in [1.807, 2.05) is 6.07 Å². The third-order valence-electron chi connectivity index (χ3n) is 3.40. The molecule has 0 fully saturated rings. The van der Waals surface area contributed by atoms with Gasteiger partial charge in [-0.2, -0.15) is 0 Å². The first-order valence-electron chi connectivity index (χ1n) is 6.87. The van der Waals surface area contributed by atoms with Crippen molar-refractivity contribution in [2.24, 2.45) is 0 Å². The summed E-state index contributed by atoms with van der Waals surface area (Å²) < 4.78 is 10.4. The number of methoxy groups -OCH3 is 2. The quantitative estimate of drug-likeness (QED) is 0.804. The molecule has 0 radical (unpaired) electrons. The summed E-state index contributed by atoms with van der Waals surface area (Å²) >= 11 is 12.0. The van der Waals surface area contributed by atoms with Crippen LogP contribution in [0.4, 0.5) is 0 Å². The zero-order chi connectivity index (χ0) is 17.0. The van der Waals surface area contributed by atoms with Gasteiger partial charge in [0.15, 0.2) is 11.5 Å². The third-order valence-corrected chi connectivity index (χ3v) is 3.99. The summed E-state index contributed by atoms with van der Waals surface area (Å²) in [6.45, 7) is 0.378. The van der Waals surface area contributed by atoms with Gasteiger partial charge >= 0.3 is 0 Å². The minimum atomic E-state index is -0.142. The molecule has 0 N–H and O–H groups in total. The molecular formula is C17H17Cl2NO3. The summed E-state index contributed by atoms with van der Waals surface area (Å²) in [6, 6.07) is 10.3. The fourth-order valence-electron chi connectivity index (χ4n) is 2.17. The van der Waals surface area contributed by atoms with Gasteiger partial charge in [0.25, 0.3) is 5.91 Å². The summed E-state index contributed by atoms with van der Waals surface area (Å²) in [7, 11) is 4.79. The Morgan fingerprint density at radius 3 is 2.35 bits per heavy atom. The molecule has 0 bridgehead atoms. The van der Waals surface area contributed by atoms with Gasteiger partial charge in [-0.1, -0.05) is 29.3 Å². The molecule has 0 heterocycles. The van der Waals surface area contributed by atoms with Crippen molar-refractivity contribution in [2.75, 3.05) is 21.3 Å². The Balaban J connectivity index is 2.19. The monoisotopic (exact) mass is 353 g/mol. The molecule has 0 unspecified atom stereocenters. The summed E-state index contributed by atoms with van der Waals surface area (Å²) in [5.41, 5.74) is 1.34. The maximum Gasteiger partial charge on any atom is 0.254 e. The van der Waals surface area contributed by atoms with E-state index in [0.29, 0.717) is 33.7 Å². The van der Waals surface area contributed by atoms with Crippen LogP contribution in [0.1, 0.15) is 15.9 Å². The highest BCUT2D eigenvalue weighted by Crippen LogP contribution is 2.28. The summed E-state index contributed by atoms with van der Waals surface area (Å²) in [4.78, 5) is 14.1. The molecule has 4 nitrogen and oxygen atoms in total. The second-order valence-electron chi connectivity index (χ2n) is 4.97. The van der Waals surface area contributed by atoms with Crippen LogP contribution < -0.4 is 9.47 Å². The van der Waals surface area contributed by atoms with Gasteiger partial charge in [-0.3, -0.25) is 4.79 Å². The second-order valence-corrected chi connectivity index (χ2v) is 5.81. The first kappa shape index (κ1) is 17.4. The minimum Gasteiger partial charge on any atom is -0.493 e. The fraction of sp³-hybridized carbons (Fsp3) is 0.235. The number of hydrogen-bond acceptors (Lipinski definition) is 3. The van der Waals surface area contributed by atoms with Crippen LogP contribution in [0.15, 0.2) is 36.4 Å². The number of ether oxygens (including phenoxy) is 2. The van der Waals surface area contributed by atoms with Gasteiger partial charge in [0, 0.05) is 29.2 Å². The molecule has 2 aromatic carbocycles. The molecule has 2 aromatic rings. The number of nitrogens with zero attached hydrogens (tertiary/aromatic N) is 1. The molecule has 0 aliphatic carbocycles. The molecule has 0 saturated heterocycles. The van der Waals surface area contributed by atoms with E-state index < -0.39 is 0 Å². The van der Waals surface area contributed by atoms with Crippen LogP contribution in [0.3, 0.4) is 0 Å². The van der Waals surface area contributed by atoms with Crippen molar-refractivity contribution in [1.29, 1.82) is 0 Å². The number of carbonyl (C=O) groups excluding carboxylic acids is 1. The lowest BCUT2D eigenvalue weighted by Crippen LogP contribution is -2.26. The van der Waals surface area contributed by atoms with E-state index >= 15 is 0 Å². The maximum absolute atomic E-state index is 12.6. The summed E-state index contributed by atoms with van der Waals surface area (Å²) in [6.07, 6.45) is 0. The first-order valence-corrected chi connectivity index (χ1v) is 7.63. The van der Waals surface area contributed by atoms with Gasteiger partial charge in [-0.05, 0) is 35.9 Å². The van der Waals surface area contributed by atoms with Crippen molar-refractivity contribution in [3.8, 4) is 11.5 Å². The van der Waals surface area contributed by atoms with Crippen LogP contribution in [-0.4, -0.2) is 32.1 Å². The molecule has 0 saturated carbocycles. The highest BCUT2D eigenvalue weighted by atomic mass is 35.5. The van der Waals surface area contributed by atoms with E-state index in [4.69, 9.17) is 32.7 Å². The number of amides is 1. The number of benzene rings is 2. The predicted octanol–water partition coefficient (Wildman–Crippen LogP) is 4.28. The molecule has 0 atom stereocenters. The van der Waals surface area contributed by atoms with Crippen molar-refractivity contribution in [3.05, 3.63) is 57.6 Å². The Hall–Kier alpha value is -1.91. The predicted molar refractivity (Wildman–Crippen MR) is 91.8 cm³/mol. The smallest absolute Gasteiger partial charge is 0.254 e. The van der Waals surface area contributed by atoms with Crippen molar-refractivity contribution in [2.45, 2.75) is 6.54 Å². The molecule has 6 heteroatoms. The van der Waals surface area contributed by atoms with E-state index in [2.05, 4.69) is 0 Å². The van der Waals surface area contributed by atoms with Gasteiger partial charge < -0.3 is 14.4 Å². The molecule has 2 rings (SSSR count). The lowest BCUT2D eigenvalue weighted by molar-refractivity contribution is 0.0784. The number of hydrogen-bond donors (Lipinski definition) is 0. The summed E-state index contributed by atoms with van der Waals surface area (Å²) in [5.74, 6) is 0.945. The van der Waals surface area contributed by atoms with Crippen LogP contribution in [0.25, 0.3) is 0 Å². The normalized spacial score (nSPS) is 10.3. The Labute approximate surface area is 145 Å². The SMILES string of the molecule is COc1ccc(C(=O)N(C)Cc2ccc(Cl)cc2Cl)cc1OC. The highest BCUT2D eigenvalue weighted by Gasteiger charge is 2.16. The lowest BCUT2D eigenvalue weighted by atomic mass is 10.1. The number of rotatable bonds is 5. The molecule has 0 aromatic heterocycles. The second kappa shape index (κ2) is 7.57. The molecule has 1 amide bonds. The molecule has 0 aliphatic rings.